The fourth-order valence-electron chi connectivity index (χ4n) is 2.80. The van der Waals surface area contributed by atoms with E-state index in [4.69, 9.17) is 0 Å². The van der Waals surface area contributed by atoms with Crippen LogP contribution in [0.5, 0.6) is 0 Å². The lowest BCUT2D eigenvalue weighted by molar-refractivity contribution is -0.0925. The zero-order valence-corrected chi connectivity index (χ0v) is 12.0. The number of halogens is 3. The van der Waals surface area contributed by atoms with Crippen molar-refractivity contribution >= 4 is 11.8 Å². The molecular weight excluding hydrogens is 287 g/mol. The molecule has 0 saturated carbocycles. The van der Waals surface area contributed by atoms with E-state index in [-0.39, 0.29) is 0 Å². The van der Waals surface area contributed by atoms with Crippen LogP contribution in [-0.4, -0.2) is 12.7 Å². The van der Waals surface area contributed by atoms with Gasteiger partial charge in [-0.2, -0.15) is 13.2 Å². The Morgan fingerprint density at radius 1 is 0.955 bits per heavy atom. The van der Waals surface area contributed by atoms with Gasteiger partial charge in [-0.3, -0.25) is 0 Å². The topological polar surface area (TPSA) is 3.24 Å². The molecule has 0 aromatic heterocycles. The Labute approximate surface area is 127 Å². The lowest BCUT2D eigenvalue weighted by Crippen LogP contribution is -2.35. The Balaban J connectivity index is 2.07. The summed E-state index contributed by atoms with van der Waals surface area (Å²) >= 11 is 0. The van der Waals surface area contributed by atoms with Crippen LogP contribution in [0.3, 0.4) is 0 Å². The first-order valence-corrected chi connectivity index (χ1v) is 7.25. The molecule has 0 amide bonds. The number of anilines is 1. The van der Waals surface area contributed by atoms with Crippen molar-refractivity contribution in [2.24, 2.45) is 0 Å². The predicted molar refractivity (Wildman–Crippen MR) is 82.6 cm³/mol. The molecule has 1 aliphatic heterocycles. The Kier molecular flexibility index (Phi) is 3.92. The molecule has 1 nitrogen and oxygen atoms in total. The molecule has 0 radical (unpaired) electrons. The third kappa shape index (κ3) is 3.01. The maximum absolute atomic E-state index is 13.6. The molecule has 22 heavy (non-hydrogen) atoms. The minimum Gasteiger partial charge on any atom is -0.337 e. The molecule has 0 aliphatic carbocycles. The van der Waals surface area contributed by atoms with E-state index in [1.165, 1.54) is 11.0 Å². The normalized spacial score (nSPS) is 15.6. The molecule has 0 bridgehead atoms. The van der Waals surface area contributed by atoms with E-state index in [2.05, 4.69) is 0 Å². The Morgan fingerprint density at radius 3 is 2.36 bits per heavy atom. The van der Waals surface area contributed by atoms with Crippen LogP contribution in [0.1, 0.15) is 17.5 Å². The van der Waals surface area contributed by atoms with Crippen LogP contribution in [0.4, 0.5) is 18.9 Å². The molecule has 114 valence electrons. The molecule has 0 saturated heterocycles. The second-order valence-corrected chi connectivity index (χ2v) is 5.32. The SMILES string of the molecule is FC(F)(F)/C(=C/c1ccccc1)N1CCCc2ccccc21. The zero-order chi connectivity index (χ0) is 15.6. The van der Waals surface area contributed by atoms with Crippen LogP contribution in [-0.2, 0) is 6.42 Å². The van der Waals surface area contributed by atoms with Crippen molar-refractivity contribution in [1.29, 1.82) is 0 Å². The van der Waals surface area contributed by atoms with E-state index in [1.54, 1.807) is 42.5 Å². The van der Waals surface area contributed by atoms with Gasteiger partial charge in [-0.15, -0.1) is 0 Å². The number of nitrogens with zero attached hydrogens (tertiary/aromatic N) is 1. The molecule has 4 heteroatoms. The van der Waals surface area contributed by atoms with Crippen LogP contribution in [0, 0.1) is 0 Å². The summed E-state index contributed by atoms with van der Waals surface area (Å²) in [5.74, 6) is 0. The van der Waals surface area contributed by atoms with Crippen molar-refractivity contribution in [2.75, 3.05) is 11.4 Å². The quantitative estimate of drug-likeness (QED) is 0.751. The van der Waals surface area contributed by atoms with E-state index in [0.717, 1.165) is 18.4 Å². The molecule has 1 heterocycles. The number of hydrogen-bond acceptors (Lipinski definition) is 1. The van der Waals surface area contributed by atoms with E-state index in [9.17, 15) is 13.2 Å². The van der Waals surface area contributed by atoms with Gasteiger partial charge in [0.05, 0.1) is 0 Å². The van der Waals surface area contributed by atoms with Crippen molar-refractivity contribution in [3.63, 3.8) is 0 Å². The Hall–Kier alpha value is -2.23. The van der Waals surface area contributed by atoms with Crippen molar-refractivity contribution < 1.29 is 13.2 Å². The van der Waals surface area contributed by atoms with Crippen molar-refractivity contribution in [3.8, 4) is 0 Å². The summed E-state index contributed by atoms with van der Waals surface area (Å²) in [7, 11) is 0. The molecule has 2 aromatic carbocycles. The minimum absolute atomic E-state index is 0.384. The third-order valence-corrected chi connectivity index (χ3v) is 3.79. The molecule has 0 fully saturated rings. The number of para-hydroxylation sites is 1. The van der Waals surface area contributed by atoms with Crippen LogP contribution in [0.2, 0.25) is 0 Å². The largest absolute Gasteiger partial charge is 0.431 e. The summed E-state index contributed by atoms with van der Waals surface area (Å²) in [6, 6.07) is 16.0. The Morgan fingerprint density at radius 2 is 1.64 bits per heavy atom. The average molecular weight is 303 g/mol. The minimum atomic E-state index is -4.39. The molecule has 3 rings (SSSR count). The fraction of sp³-hybridized carbons (Fsp3) is 0.222. The standard InChI is InChI=1S/C18H16F3N/c19-18(20,21)17(13-14-7-2-1-3-8-14)22-12-6-10-15-9-4-5-11-16(15)22/h1-5,7-9,11,13H,6,10,12H2/b17-13-. The van der Waals surface area contributed by atoms with Crippen molar-refractivity contribution in [3.05, 3.63) is 71.4 Å². The zero-order valence-electron chi connectivity index (χ0n) is 12.0. The first-order valence-electron chi connectivity index (χ1n) is 7.25. The summed E-state index contributed by atoms with van der Waals surface area (Å²) < 4.78 is 40.7. The molecule has 0 spiro atoms. The van der Waals surface area contributed by atoms with Gasteiger partial charge in [0.25, 0.3) is 0 Å². The second kappa shape index (κ2) is 5.87. The maximum atomic E-state index is 13.6. The number of hydrogen-bond donors (Lipinski definition) is 0. The summed E-state index contributed by atoms with van der Waals surface area (Å²) in [6.07, 6.45) is -1.62. The highest BCUT2D eigenvalue weighted by molar-refractivity contribution is 5.66. The molecule has 2 aromatic rings. The first kappa shape index (κ1) is 14.7. The molecule has 0 N–H and O–H groups in total. The molecule has 0 unspecified atom stereocenters. The van der Waals surface area contributed by atoms with E-state index in [0.29, 0.717) is 17.8 Å². The lowest BCUT2D eigenvalue weighted by atomic mass is 10.0. The van der Waals surface area contributed by atoms with Crippen LogP contribution in [0.15, 0.2) is 60.3 Å². The summed E-state index contributed by atoms with van der Waals surface area (Å²) in [6.45, 7) is 0.384. The molecule has 0 atom stereocenters. The highest BCUT2D eigenvalue weighted by atomic mass is 19.4. The van der Waals surface area contributed by atoms with Gasteiger partial charge in [-0.1, -0.05) is 48.5 Å². The summed E-state index contributed by atoms with van der Waals surface area (Å²) in [5.41, 5.74) is 1.58. The number of fused-ring (bicyclic) bond motifs is 1. The van der Waals surface area contributed by atoms with E-state index in [1.807, 2.05) is 12.1 Å². The van der Waals surface area contributed by atoms with Gasteiger partial charge in [0.1, 0.15) is 5.70 Å². The number of allylic oxidation sites excluding steroid dienone is 1. The maximum Gasteiger partial charge on any atom is 0.431 e. The number of rotatable bonds is 2. The predicted octanol–water partition coefficient (Wildman–Crippen LogP) is 5.04. The summed E-state index contributed by atoms with van der Waals surface area (Å²) in [4.78, 5) is 1.39. The van der Waals surface area contributed by atoms with Crippen LogP contribution < -0.4 is 4.90 Å². The van der Waals surface area contributed by atoms with Crippen molar-refractivity contribution in [2.45, 2.75) is 19.0 Å². The fourth-order valence-corrected chi connectivity index (χ4v) is 2.80. The van der Waals surface area contributed by atoms with Gasteiger partial charge in [0.2, 0.25) is 0 Å². The first-order chi connectivity index (χ1) is 10.6. The lowest BCUT2D eigenvalue weighted by Gasteiger charge is -2.34. The van der Waals surface area contributed by atoms with E-state index < -0.39 is 11.9 Å². The summed E-state index contributed by atoms with van der Waals surface area (Å²) in [5, 5.41) is 0. The Bertz CT molecular complexity index is 674. The third-order valence-electron chi connectivity index (χ3n) is 3.79. The highest BCUT2D eigenvalue weighted by Gasteiger charge is 2.39. The van der Waals surface area contributed by atoms with Gasteiger partial charge in [0, 0.05) is 12.2 Å². The molecule has 1 aliphatic rings. The van der Waals surface area contributed by atoms with Gasteiger partial charge >= 0.3 is 6.18 Å². The molecular formula is C18H16F3N. The highest BCUT2D eigenvalue weighted by Crippen LogP contribution is 2.37. The smallest absolute Gasteiger partial charge is 0.337 e. The monoisotopic (exact) mass is 303 g/mol. The van der Waals surface area contributed by atoms with E-state index >= 15 is 0 Å². The average Bonchev–Trinajstić information content (AvgIpc) is 2.52. The second-order valence-electron chi connectivity index (χ2n) is 5.32. The number of benzene rings is 2. The van der Waals surface area contributed by atoms with Crippen molar-refractivity contribution in [1.82, 2.24) is 0 Å². The van der Waals surface area contributed by atoms with Gasteiger partial charge < -0.3 is 4.90 Å². The van der Waals surface area contributed by atoms with Crippen LogP contribution in [0.25, 0.3) is 6.08 Å². The van der Waals surface area contributed by atoms with Gasteiger partial charge in [-0.25, -0.2) is 0 Å². The van der Waals surface area contributed by atoms with Crippen LogP contribution >= 0.6 is 0 Å². The number of alkyl halides is 3. The van der Waals surface area contributed by atoms with Gasteiger partial charge in [-0.05, 0) is 36.1 Å². The number of aryl methyl sites for hydroxylation is 1. The van der Waals surface area contributed by atoms with Gasteiger partial charge in [0.15, 0.2) is 0 Å².